The van der Waals surface area contributed by atoms with Crippen LogP contribution in [0.1, 0.15) is 10.4 Å². The normalized spacial score (nSPS) is 10.8. The highest BCUT2D eigenvalue weighted by Crippen LogP contribution is 2.21. The predicted octanol–water partition coefficient (Wildman–Crippen LogP) is 2.96. The first-order chi connectivity index (χ1) is 10.0. The number of nitrogens with one attached hydrogen (secondary N) is 2. The molecule has 10 heteroatoms. The number of rotatable bonds is 2. The third kappa shape index (κ3) is 2.76. The van der Waals surface area contributed by atoms with Gasteiger partial charge in [-0.15, -0.1) is 0 Å². The van der Waals surface area contributed by atoms with Crippen LogP contribution in [0.25, 0.3) is 11.2 Å². The molecule has 0 bridgehead atoms. The minimum absolute atomic E-state index is 0.00796. The predicted molar refractivity (Wildman–Crippen MR) is 78.9 cm³/mol. The quantitative estimate of drug-likeness (QED) is 0.551. The third-order valence-electron chi connectivity index (χ3n) is 2.53. The first-order valence-corrected chi connectivity index (χ1v) is 6.67. The van der Waals surface area contributed by atoms with Crippen molar-refractivity contribution in [1.29, 1.82) is 0 Å². The lowest BCUT2D eigenvalue weighted by Gasteiger charge is -2.05. The van der Waals surface area contributed by atoms with Crippen molar-refractivity contribution in [1.82, 2.24) is 24.9 Å². The number of imidazole rings is 1. The molecule has 0 atom stereocenters. The third-order valence-corrected chi connectivity index (χ3v) is 3.31. The van der Waals surface area contributed by atoms with E-state index >= 15 is 0 Å². The number of aromatic nitrogens is 5. The van der Waals surface area contributed by atoms with Crippen molar-refractivity contribution in [3.05, 3.63) is 39.5 Å². The summed E-state index contributed by atoms with van der Waals surface area (Å²) in [5.74, 6) is -0.524. The standard InChI is InChI=1S/C11H5Cl3N6O/c12-5-2-15-6(13)1-4(5)10(21)20-11-18-8(14)7-9(19-11)17-3-16-7/h1-3H,(H2,16,17,18,19,20,21). The minimum atomic E-state index is -0.532. The molecular weight excluding hydrogens is 339 g/mol. The lowest BCUT2D eigenvalue weighted by atomic mass is 10.2. The molecule has 3 aromatic heterocycles. The number of pyridine rings is 1. The molecule has 3 aromatic rings. The van der Waals surface area contributed by atoms with Gasteiger partial charge in [-0.3, -0.25) is 10.1 Å². The summed E-state index contributed by atoms with van der Waals surface area (Å²) in [6, 6.07) is 1.34. The van der Waals surface area contributed by atoms with E-state index in [2.05, 4.69) is 30.2 Å². The van der Waals surface area contributed by atoms with E-state index in [0.717, 1.165) is 0 Å². The molecule has 0 spiro atoms. The van der Waals surface area contributed by atoms with Gasteiger partial charge in [-0.1, -0.05) is 34.8 Å². The summed E-state index contributed by atoms with van der Waals surface area (Å²) in [5, 5.41) is 2.92. The summed E-state index contributed by atoms with van der Waals surface area (Å²) in [5.41, 5.74) is 0.974. The van der Waals surface area contributed by atoms with E-state index in [-0.39, 0.29) is 26.8 Å². The lowest BCUT2D eigenvalue weighted by Crippen LogP contribution is -2.15. The van der Waals surface area contributed by atoms with Gasteiger partial charge >= 0.3 is 0 Å². The molecule has 0 saturated heterocycles. The highest BCUT2D eigenvalue weighted by Gasteiger charge is 2.15. The maximum atomic E-state index is 12.1. The zero-order valence-corrected chi connectivity index (χ0v) is 12.3. The van der Waals surface area contributed by atoms with Crippen LogP contribution in [-0.4, -0.2) is 30.8 Å². The lowest BCUT2D eigenvalue weighted by molar-refractivity contribution is 0.102. The van der Waals surface area contributed by atoms with Crippen LogP contribution in [0.4, 0.5) is 5.95 Å². The molecule has 3 rings (SSSR count). The Labute approximate surface area is 132 Å². The number of carbonyl (C=O) groups excluding carboxylic acids is 1. The molecule has 3 heterocycles. The van der Waals surface area contributed by atoms with Gasteiger partial charge in [0, 0.05) is 6.20 Å². The van der Waals surface area contributed by atoms with Gasteiger partial charge in [-0.25, -0.2) is 9.97 Å². The number of hydrogen-bond donors (Lipinski definition) is 2. The molecular formula is C11H5Cl3N6O. The van der Waals surface area contributed by atoms with E-state index in [9.17, 15) is 4.79 Å². The summed E-state index contributed by atoms with van der Waals surface area (Å²) in [6.45, 7) is 0. The molecule has 0 fully saturated rings. The second kappa shape index (κ2) is 5.44. The Morgan fingerprint density at radius 3 is 2.81 bits per heavy atom. The summed E-state index contributed by atoms with van der Waals surface area (Å²) in [6.07, 6.45) is 2.71. The Morgan fingerprint density at radius 1 is 1.19 bits per heavy atom. The van der Waals surface area contributed by atoms with E-state index in [1.807, 2.05) is 0 Å². The van der Waals surface area contributed by atoms with Gasteiger partial charge in [-0.2, -0.15) is 9.97 Å². The average Bonchev–Trinajstić information content (AvgIpc) is 2.90. The van der Waals surface area contributed by atoms with E-state index in [1.54, 1.807) is 0 Å². The number of aromatic amines is 1. The summed E-state index contributed by atoms with van der Waals surface area (Å²) < 4.78 is 0. The van der Waals surface area contributed by atoms with Crippen LogP contribution in [-0.2, 0) is 0 Å². The molecule has 21 heavy (non-hydrogen) atoms. The van der Waals surface area contributed by atoms with Crippen LogP contribution in [0.3, 0.4) is 0 Å². The van der Waals surface area contributed by atoms with Crippen molar-refractivity contribution in [2.75, 3.05) is 5.32 Å². The number of amides is 1. The van der Waals surface area contributed by atoms with Crippen LogP contribution in [0.5, 0.6) is 0 Å². The van der Waals surface area contributed by atoms with Crippen molar-refractivity contribution >= 4 is 57.8 Å². The number of hydrogen-bond acceptors (Lipinski definition) is 5. The molecule has 0 aliphatic carbocycles. The molecule has 106 valence electrons. The molecule has 0 aliphatic rings. The minimum Gasteiger partial charge on any atom is -0.341 e. The van der Waals surface area contributed by atoms with Gasteiger partial charge < -0.3 is 4.98 Å². The largest absolute Gasteiger partial charge is 0.341 e. The Hall–Kier alpha value is -1.96. The second-order valence-electron chi connectivity index (χ2n) is 3.88. The van der Waals surface area contributed by atoms with Crippen molar-refractivity contribution in [3.63, 3.8) is 0 Å². The number of fused-ring (bicyclic) bond motifs is 1. The monoisotopic (exact) mass is 342 g/mol. The van der Waals surface area contributed by atoms with Crippen molar-refractivity contribution < 1.29 is 4.79 Å². The summed E-state index contributed by atoms with van der Waals surface area (Å²) in [4.78, 5) is 30.6. The van der Waals surface area contributed by atoms with Gasteiger partial charge in [0.25, 0.3) is 5.91 Å². The van der Waals surface area contributed by atoms with Gasteiger partial charge in [-0.05, 0) is 6.07 Å². The van der Waals surface area contributed by atoms with Gasteiger partial charge in [0.1, 0.15) is 10.7 Å². The van der Waals surface area contributed by atoms with E-state index < -0.39 is 5.91 Å². The van der Waals surface area contributed by atoms with Gasteiger partial charge in [0.15, 0.2) is 10.8 Å². The van der Waals surface area contributed by atoms with Crippen LogP contribution >= 0.6 is 34.8 Å². The smallest absolute Gasteiger partial charge is 0.259 e. The number of carbonyl (C=O) groups is 1. The topological polar surface area (TPSA) is 96.5 Å². The van der Waals surface area contributed by atoms with Crippen molar-refractivity contribution in [3.8, 4) is 0 Å². The van der Waals surface area contributed by atoms with Gasteiger partial charge in [0.2, 0.25) is 5.95 Å². The number of nitrogens with zero attached hydrogens (tertiary/aromatic N) is 4. The van der Waals surface area contributed by atoms with Crippen molar-refractivity contribution in [2.45, 2.75) is 0 Å². The molecule has 7 nitrogen and oxygen atoms in total. The second-order valence-corrected chi connectivity index (χ2v) is 5.03. The molecule has 0 radical (unpaired) electrons. The van der Waals surface area contributed by atoms with E-state index in [0.29, 0.717) is 11.2 Å². The fourth-order valence-corrected chi connectivity index (χ4v) is 2.18. The molecule has 2 N–H and O–H groups in total. The number of anilines is 1. The summed E-state index contributed by atoms with van der Waals surface area (Å²) >= 11 is 17.6. The molecule has 0 unspecified atom stereocenters. The SMILES string of the molecule is O=C(Nc1nc(Cl)c2[nH]cnc2n1)c1cc(Cl)ncc1Cl. The van der Waals surface area contributed by atoms with Crippen LogP contribution in [0, 0.1) is 0 Å². The van der Waals surface area contributed by atoms with E-state index in [4.69, 9.17) is 34.8 Å². The molecule has 0 aliphatic heterocycles. The Morgan fingerprint density at radius 2 is 2.00 bits per heavy atom. The fraction of sp³-hybridized carbons (Fsp3) is 0. The fourth-order valence-electron chi connectivity index (χ4n) is 1.61. The van der Waals surface area contributed by atoms with Gasteiger partial charge in [0.05, 0.1) is 16.9 Å². The molecule has 1 amide bonds. The van der Waals surface area contributed by atoms with Crippen LogP contribution in [0.15, 0.2) is 18.6 Å². The molecule has 0 saturated carbocycles. The first-order valence-electron chi connectivity index (χ1n) is 5.53. The van der Waals surface area contributed by atoms with Crippen LogP contribution in [0.2, 0.25) is 15.3 Å². The maximum absolute atomic E-state index is 12.1. The van der Waals surface area contributed by atoms with Crippen molar-refractivity contribution in [2.24, 2.45) is 0 Å². The maximum Gasteiger partial charge on any atom is 0.259 e. The summed E-state index contributed by atoms with van der Waals surface area (Å²) in [7, 11) is 0. The zero-order valence-electron chi connectivity index (χ0n) is 10.1. The highest BCUT2D eigenvalue weighted by molar-refractivity contribution is 6.36. The van der Waals surface area contributed by atoms with E-state index in [1.165, 1.54) is 18.6 Å². The first kappa shape index (κ1) is 14.0. The number of H-pyrrole nitrogens is 1. The Kier molecular flexibility index (Phi) is 3.62. The zero-order chi connectivity index (χ0) is 15.0. The average molecular weight is 344 g/mol. The Balaban J connectivity index is 1.94. The number of halogens is 3. The Bertz CT molecular complexity index is 849. The molecule has 0 aromatic carbocycles. The van der Waals surface area contributed by atoms with Crippen LogP contribution < -0.4 is 5.32 Å². The highest BCUT2D eigenvalue weighted by atomic mass is 35.5.